The molecule has 1 aromatic heterocycles. The molecule has 0 saturated carbocycles. The zero-order valence-electron chi connectivity index (χ0n) is 16.0. The van der Waals surface area contributed by atoms with Gasteiger partial charge in [-0.15, -0.1) is 0 Å². The van der Waals surface area contributed by atoms with Crippen LogP contribution in [0.15, 0.2) is 48.5 Å². The van der Waals surface area contributed by atoms with Crippen molar-refractivity contribution in [2.24, 2.45) is 0 Å². The Balaban J connectivity index is 1.84. The van der Waals surface area contributed by atoms with Gasteiger partial charge in [-0.3, -0.25) is 0 Å². The topological polar surface area (TPSA) is 28.4 Å². The van der Waals surface area contributed by atoms with Gasteiger partial charge in [-0.2, -0.15) is 0 Å². The number of aromatic nitrogens is 1. The molecule has 0 amide bonds. The third kappa shape index (κ3) is 3.06. The fraction of sp³-hybridized carbons (Fsp3) is 0.391. The first kappa shape index (κ1) is 17.3. The van der Waals surface area contributed by atoms with Gasteiger partial charge in [-0.25, -0.2) is 0 Å². The van der Waals surface area contributed by atoms with Crippen LogP contribution in [0.2, 0.25) is 0 Å². The monoisotopic (exact) mass is 348 g/mol. The van der Waals surface area contributed by atoms with Crippen molar-refractivity contribution in [2.75, 3.05) is 20.1 Å². The van der Waals surface area contributed by atoms with Crippen LogP contribution in [0.5, 0.6) is 0 Å². The van der Waals surface area contributed by atoms with Crippen LogP contribution >= 0.6 is 0 Å². The Hall–Kier alpha value is -2.10. The number of rotatable bonds is 3. The van der Waals surface area contributed by atoms with E-state index in [-0.39, 0.29) is 0 Å². The largest absolute Gasteiger partial charge is 0.384 e. The van der Waals surface area contributed by atoms with Gasteiger partial charge in [-0.05, 0) is 50.6 Å². The SMILES string of the molecule is Cc1ccc2c(c1)c1c(n2CC(C)(O)c2ccccc2)CCN(C)CC1. The number of nitrogens with zero attached hydrogens (tertiary/aromatic N) is 2. The molecule has 1 aliphatic rings. The molecule has 4 rings (SSSR count). The number of aliphatic hydroxyl groups is 1. The van der Waals surface area contributed by atoms with E-state index in [1.165, 1.54) is 27.7 Å². The number of benzene rings is 2. The Morgan fingerprint density at radius 3 is 2.54 bits per heavy atom. The van der Waals surface area contributed by atoms with Crippen molar-refractivity contribution in [1.82, 2.24) is 9.47 Å². The summed E-state index contributed by atoms with van der Waals surface area (Å²) in [6.07, 6.45) is 2.11. The molecule has 136 valence electrons. The molecule has 0 bridgehead atoms. The molecule has 1 atom stereocenters. The van der Waals surface area contributed by atoms with Gasteiger partial charge in [0.2, 0.25) is 0 Å². The molecule has 3 heteroatoms. The molecule has 1 aliphatic heterocycles. The lowest BCUT2D eigenvalue weighted by Gasteiger charge is -2.26. The Labute approximate surface area is 155 Å². The maximum Gasteiger partial charge on any atom is 0.105 e. The van der Waals surface area contributed by atoms with Gasteiger partial charge in [0.15, 0.2) is 0 Å². The second kappa shape index (κ2) is 6.57. The molecular formula is C23H28N2O. The van der Waals surface area contributed by atoms with Crippen LogP contribution in [-0.4, -0.2) is 34.7 Å². The fourth-order valence-corrected chi connectivity index (χ4v) is 4.24. The van der Waals surface area contributed by atoms with Crippen molar-refractivity contribution >= 4 is 10.9 Å². The maximum absolute atomic E-state index is 11.3. The summed E-state index contributed by atoms with van der Waals surface area (Å²) >= 11 is 0. The van der Waals surface area contributed by atoms with Crippen LogP contribution in [0.4, 0.5) is 0 Å². The van der Waals surface area contributed by atoms with E-state index in [1.54, 1.807) is 0 Å². The van der Waals surface area contributed by atoms with Gasteiger partial charge < -0.3 is 14.6 Å². The number of hydrogen-bond donors (Lipinski definition) is 1. The van der Waals surface area contributed by atoms with Gasteiger partial charge in [-0.1, -0.05) is 42.0 Å². The molecule has 1 unspecified atom stereocenters. The highest BCUT2D eigenvalue weighted by Gasteiger charge is 2.28. The minimum atomic E-state index is -0.899. The van der Waals surface area contributed by atoms with Crippen LogP contribution < -0.4 is 0 Å². The molecule has 0 saturated heterocycles. The summed E-state index contributed by atoms with van der Waals surface area (Å²) in [7, 11) is 2.20. The highest BCUT2D eigenvalue weighted by atomic mass is 16.3. The number of fused-ring (bicyclic) bond motifs is 3. The van der Waals surface area contributed by atoms with Crippen molar-refractivity contribution in [3.8, 4) is 0 Å². The third-order valence-electron chi connectivity index (χ3n) is 5.78. The smallest absolute Gasteiger partial charge is 0.105 e. The average molecular weight is 348 g/mol. The molecule has 0 radical (unpaired) electrons. The van der Waals surface area contributed by atoms with Crippen molar-refractivity contribution in [3.63, 3.8) is 0 Å². The standard InChI is InChI=1S/C23H28N2O/c1-17-9-10-21-20(15-17)19-11-13-24(3)14-12-22(19)25(21)16-23(2,26)18-7-5-4-6-8-18/h4-10,15,26H,11-14,16H2,1-3H3. The number of aryl methyl sites for hydroxylation is 1. The zero-order chi connectivity index (χ0) is 18.3. The minimum absolute atomic E-state index is 0.579. The summed E-state index contributed by atoms with van der Waals surface area (Å²) in [5, 5.41) is 12.6. The summed E-state index contributed by atoms with van der Waals surface area (Å²) in [5.74, 6) is 0. The lowest BCUT2D eigenvalue weighted by molar-refractivity contribution is 0.0388. The van der Waals surface area contributed by atoms with Gasteiger partial charge in [0, 0.05) is 36.1 Å². The molecular weight excluding hydrogens is 320 g/mol. The number of likely N-dealkylation sites (N-methyl/N-ethyl adjacent to an activating group) is 1. The quantitative estimate of drug-likeness (QED) is 0.778. The molecule has 2 heterocycles. The first-order valence-electron chi connectivity index (χ1n) is 9.53. The van der Waals surface area contributed by atoms with Gasteiger partial charge in [0.05, 0.1) is 6.54 Å². The van der Waals surface area contributed by atoms with E-state index in [0.29, 0.717) is 6.54 Å². The predicted octanol–water partition coefficient (Wildman–Crippen LogP) is 3.89. The molecule has 3 nitrogen and oxygen atoms in total. The maximum atomic E-state index is 11.3. The average Bonchev–Trinajstić information content (AvgIpc) is 2.76. The minimum Gasteiger partial charge on any atom is -0.384 e. The summed E-state index contributed by atoms with van der Waals surface area (Å²) in [6, 6.07) is 16.7. The van der Waals surface area contributed by atoms with Crippen molar-refractivity contribution in [1.29, 1.82) is 0 Å². The van der Waals surface area contributed by atoms with E-state index in [2.05, 4.69) is 41.6 Å². The lowest BCUT2D eigenvalue weighted by Crippen LogP contribution is -2.29. The van der Waals surface area contributed by atoms with Gasteiger partial charge in [0.25, 0.3) is 0 Å². The first-order chi connectivity index (χ1) is 12.5. The van der Waals surface area contributed by atoms with Gasteiger partial charge in [0.1, 0.15) is 5.60 Å². The zero-order valence-corrected chi connectivity index (χ0v) is 16.0. The van der Waals surface area contributed by atoms with E-state index in [9.17, 15) is 5.11 Å². The van der Waals surface area contributed by atoms with E-state index in [0.717, 1.165) is 31.5 Å². The normalized spacial score (nSPS) is 17.7. The van der Waals surface area contributed by atoms with Crippen LogP contribution in [0, 0.1) is 6.92 Å². The molecule has 0 aliphatic carbocycles. The third-order valence-corrected chi connectivity index (χ3v) is 5.78. The summed E-state index contributed by atoms with van der Waals surface area (Å²) < 4.78 is 2.37. The molecule has 1 N–H and O–H groups in total. The van der Waals surface area contributed by atoms with Gasteiger partial charge >= 0.3 is 0 Å². The Bertz CT molecular complexity index is 924. The highest BCUT2D eigenvalue weighted by Crippen LogP contribution is 2.33. The highest BCUT2D eigenvalue weighted by molar-refractivity contribution is 5.86. The summed E-state index contributed by atoms with van der Waals surface area (Å²) in [4.78, 5) is 2.40. The van der Waals surface area contributed by atoms with Crippen LogP contribution in [0.3, 0.4) is 0 Å². The molecule has 26 heavy (non-hydrogen) atoms. The van der Waals surface area contributed by atoms with Crippen LogP contribution in [0.25, 0.3) is 10.9 Å². The van der Waals surface area contributed by atoms with Crippen LogP contribution in [-0.2, 0) is 25.0 Å². The lowest BCUT2D eigenvalue weighted by atomic mass is 9.96. The summed E-state index contributed by atoms with van der Waals surface area (Å²) in [5.41, 5.74) is 5.48. The Morgan fingerprint density at radius 2 is 1.77 bits per heavy atom. The van der Waals surface area contributed by atoms with E-state index in [4.69, 9.17) is 0 Å². The fourth-order valence-electron chi connectivity index (χ4n) is 4.24. The first-order valence-corrected chi connectivity index (χ1v) is 9.53. The molecule has 3 aromatic rings. The second-order valence-corrected chi connectivity index (χ2v) is 7.98. The van der Waals surface area contributed by atoms with Crippen molar-refractivity contribution in [3.05, 3.63) is 70.9 Å². The van der Waals surface area contributed by atoms with Crippen LogP contribution in [0.1, 0.15) is 29.3 Å². The van der Waals surface area contributed by atoms with E-state index < -0.39 is 5.60 Å². The molecule has 2 aromatic carbocycles. The summed E-state index contributed by atoms with van der Waals surface area (Å²) in [6.45, 7) is 6.82. The molecule has 0 fully saturated rings. The Morgan fingerprint density at radius 1 is 1.04 bits per heavy atom. The second-order valence-electron chi connectivity index (χ2n) is 7.98. The molecule has 0 spiro atoms. The predicted molar refractivity (Wildman–Crippen MR) is 108 cm³/mol. The Kier molecular flexibility index (Phi) is 4.37. The van der Waals surface area contributed by atoms with Crippen molar-refractivity contribution < 1.29 is 5.11 Å². The van der Waals surface area contributed by atoms with E-state index in [1.807, 2.05) is 37.3 Å². The van der Waals surface area contributed by atoms with E-state index >= 15 is 0 Å². The number of hydrogen-bond acceptors (Lipinski definition) is 2. The van der Waals surface area contributed by atoms with Crippen molar-refractivity contribution in [2.45, 2.75) is 38.8 Å².